The maximum absolute atomic E-state index is 12.7. The minimum absolute atomic E-state index is 0. The van der Waals surface area contributed by atoms with Crippen LogP contribution in [0, 0.1) is 17.8 Å². The van der Waals surface area contributed by atoms with E-state index in [1.165, 1.54) is 0 Å². The Balaban J connectivity index is 0.00000420. The number of morpholine rings is 1. The molecule has 2 N–H and O–H groups in total. The number of carbonyl (C=O) groups is 1. The van der Waals surface area contributed by atoms with Crippen LogP contribution in [0.3, 0.4) is 0 Å². The number of nitrogens with zero attached hydrogens (tertiary/aromatic N) is 3. The van der Waals surface area contributed by atoms with Crippen LogP contribution in [0.4, 0.5) is 0 Å². The molecule has 0 saturated carbocycles. The minimum Gasteiger partial charge on any atom is -0.396 e. The fourth-order valence-electron chi connectivity index (χ4n) is 4.15. The highest BCUT2D eigenvalue weighted by Gasteiger charge is 2.30. The van der Waals surface area contributed by atoms with E-state index < -0.39 is 0 Å². The first kappa shape index (κ1) is 26.4. The predicted octanol–water partition coefficient (Wildman–Crippen LogP) is 2.19. The largest absolute Gasteiger partial charge is 0.396 e. The summed E-state index contributed by atoms with van der Waals surface area (Å²) in [5, 5.41) is 12.7. The molecule has 0 aliphatic carbocycles. The number of ether oxygens (including phenoxy) is 1. The van der Waals surface area contributed by atoms with Gasteiger partial charge in [-0.1, -0.05) is 13.8 Å². The highest BCUT2D eigenvalue weighted by molar-refractivity contribution is 14.0. The molecule has 0 radical (unpaired) electrons. The molecule has 0 bridgehead atoms. The molecule has 1 unspecified atom stereocenters. The first-order valence-electron chi connectivity index (χ1n) is 11.1. The van der Waals surface area contributed by atoms with Gasteiger partial charge in [0.05, 0.1) is 13.2 Å². The van der Waals surface area contributed by atoms with Crippen molar-refractivity contribution in [2.45, 2.75) is 46.5 Å². The number of aliphatic hydroxyl groups is 1. The zero-order valence-corrected chi connectivity index (χ0v) is 20.8. The van der Waals surface area contributed by atoms with Crippen molar-refractivity contribution in [2.24, 2.45) is 22.7 Å². The number of carbonyl (C=O) groups excluding carboxylic acids is 1. The van der Waals surface area contributed by atoms with Gasteiger partial charge < -0.3 is 25.0 Å². The number of nitrogens with one attached hydrogen (secondary N) is 1. The first-order valence-corrected chi connectivity index (χ1v) is 11.1. The van der Waals surface area contributed by atoms with Crippen LogP contribution in [0.5, 0.6) is 0 Å². The summed E-state index contributed by atoms with van der Waals surface area (Å²) in [5.41, 5.74) is 0. The highest BCUT2D eigenvalue weighted by Crippen LogP contribution is 2.21. The van der Waals surface area contributed by atoms with Crippen molar-refractivity contribution in [1.82, 2.24) is 15.1 Å². The second-order valence-corrected chi connectivity index (χ2v) is 8.40. The number of aliphatic hydroxyl groups excluding tert-OH is 1. The van der Waals surface area contributed by atoms with Crippen LogP contribution in [-0.4, -0.2) is 85.9 Å². The number of aliphatic imine (C=N–C) groups is 1. The number of hydrogen-bond acceptors (Lipinski definition) is 4. The summed E-state index contributed by atoms with van der Waals surface area (Å²) in [7, 11) is 0. The molecule has 7 nitrogen and oxygen atoms in total. The Hall–Kier alpha value is -0.610. The average molecular weight is 524 g/mol. The molecule has 2 heterocycles. The molecule has 29 heavy (non-hydrogen) atoms. The van der Waals surface area contributed by atoms with Crippen LogP contribution in [0.1, 0.15) is 46.5 Å². The smallest absolute Gasteiger partial charge is 0.225 e. The van der Waals surface area contributed by atoms with Crippen molar-refractivity contribution in [3.8, 4) is 0 Å². The Morgan fingerprint density at radius 1 is 1.17 bits per heavy atom. The summed E-state index contributed by atoms with van der Waals surface area (Å²) in [6.45, 7) is 12.8. The van der Waals surface area contributed by atoms with Crippen molar-refractivity contribution in [3.63, 3.8) is 0 Å². The molecule has 2 aliphatic rings. The molecule has 8 heteroatoms. The lowest BCUT2D eigenvalue weighted by Gasteiger charge is -2.37. The van der Waals surface area contributed by atoms with E-state index in [1.54, 1.807) is 0 Å². The lowest BCUT2D eigenvalue weighted by atomic mass is 9.94. The van der Waals surface area contributed by atoms with Crippen molar-refractivity contribution < 1.29 is 14.6 Å². The predicted molar refractivity (Wildman–Crippen MR) is 128 cm³/mol. The SMILES string of the molecule is CCNC(=NCC(CCO)CC(C)C)N1CCC(C(=O)N2CCOCC2)CC1.I. The van der Waals surface area contributed by atoms with Crippen LogP contribution >= 0.6 is 24.0 Å². The summed E-state index contributed by atoms with van der Waals surface area (Å²) >= 11 is 0. The second-order valence-electron chi connectivity index (χ2n) is 8.40. The molecule has 2 rings (SSSR count). The van der Waals surface area contributed by atoms with Crippen LogP contribution in [0.15, 0.2) is 4.99 Å². The van der Waals surface area contributed by atoms with Gasteiger partial charge in [0.1, 0.15) is 0 Å². The van der Waals surface area contributed by atoms with Gasteiger partial charge in [0.2, 0.25) is 5.91 Å². The molecule has 1 atom stereocenters. The van der Waals surface area contributed by atoms with Gasteiger partial charge in [-0.3, -0.25) is 9.79 Å². The topological polar surface area (TPSA) is 77.4 Å². The van der Waals surface area contributed by atoms with Crippen molar-refractivity contribution in [2.75, 3.05) is 59.1 Å². The Kier molecular flexibility index (Phi) is 13.1. The molecule has 170 valence electrons. The van der Waals surface area contributed by atoms with Gasteiger partial charge in [-0.05, 0) is 44.4 Å². The minimum atomic E-state index is 0. The van der Waals surface area contributed by atoms with Gasteiger partial charge in [0.25, 0.3) is 0 Å². The number of halogens is 1. The number of rotatable bonds is 8. The molecule has 0 aromatic heterocycles. The third kappa shape index (κ3) is 8.96. The Labute approximate surface area is 193 Å². The van der Waals surface area contributed by atoms with Gasteiger partial charge in [-0.15, -0.1) is 24.0 Å². The molecular weight excluding hydrogens is 483 g/mol. The molecule has 2 aliphatic heterocycles. The van der Waals surface area contributed by atoms with Crippen molar-refractivity contribution >= 4 is 35.8 Å². The first-order chi connectivity index (χ1) is 13.5. The Morgan fingerprint density at radius 2 is 1.83 bits per heavy atom. The normalized spacial score (nSPS) is 19.8. The summed E-state index contributed by atoms with van der Waals surface area (Å²) in [4.78, 5) is 21.9. The maximum atomic E-state index is 12.7. The second kappa shape index (κ2) is 14.4. The molecule has 0 aromatic carbocycles. The third-order valence-corrected chi connectivity index (χ3v) is 5.64. The van der Waals surface area contributed by atoms with E-state index >= 15 is 0 Å². The van der Waals surface area contributed by atoms with E-state index in [9.17, 15) is 9.90 Å². The van der Waals surface area contributed by atoms with Gasteiger partial charge in [-0.2, -0.15) is 0 Å². The summed E-state index contributed by atoms with van der Waals surface area (Å²) < 4.78 is 5.36. The zero-order chi connectivity index (χ0) is 20.4. The maximum Gasteiger partial charge on any atom is 0.225 e. The van der Waals surface area contributed by atoms with Crippen LogP contribution in [0.2, 0.25) is 0 Å². The third-order valence-electron chi connectivity index (χ3n) is 5.64. The van der Waals surface area contributed by atoms with E-state index in [4.69, 9.17) is 9.73 Å². The van der Waals surface area contributed by atoms with E-state index in [0.717, 1.165) is 70.9 Å². The average Bonchev–Trinajstić information content (AvgIpc) is 2.71. The van der Waals surface area contributed by atoms with Crippen molar-refractivity contribution in [1.29, 1.82) is 0 Å². The van der Waals surface area contributed by atoms with Crippen LogP contribution in [0.25, 0.3) is 0 Å². The fourth-order valence-corrected chi connectivity index (χ4v) is 4.15. The van der Waals surface area contributed by atoms with Gasteiger partial charge in [0, 0.05) is 51.8 Å². The number of guanidine groups is 1. The van der Waals surface area contributed by atoms with Gasteiger partial charge in [0.15, 0.2) is 5.96 Å². The molecule has 0 spiro atoms. The van der Waals surface area contributed by atoms with E-state index in [2.05, 4.69) is 31.0 Å². The lowest BCUT2D eigenvalue weighted by molar-refractivity contribution is -0.140. The number of piperidine rings is 1. The number of likely N-dealkylation sites (tertiary alicyclic amines) is 1. The number of amides is 1. The van der Waals surface area contributed by atoms with Crippen LogP contribution in [-0.2, 0) is 9.53 Å². The van der Waals surface area contributed by atoms with Gasteiger partial charge >= 0.3 is 0 Å². The lowest BCUT2D eigenvalue weighted by Crippen LogP contribution is -2.50. The molecular formula is C21H41IN4O3. The van der Waals surface area contributed by atoms with Crippen molar-refractivity contribution in [3.05, 3.63) is 0 Å². The molecule has 2 saturated heterocycles. The molecule has 1 amide bonds. The highest BCUT2D eigenvalue weighted by atomic mass is 127. The fraction of sp³-hybridized carbons (Fsp3) is 0.905. The van der Waals surface area contributed by atoms with Gasteiger partial charge in [-0.25, -0.2) is 0 Å². The van der Waals surface area contributed by atoms with E-state index in [0.29, 0.717) is 31.0 Å². The molecule has 2 fully saturated rings. The standard InChI is InChI=1S/C21H40N4O3.HI/c1-4-22-21(23-16-18(7-12-26)15-17(2)3)25-8-5-19(6-9-25)20(27)24-10-13-28-14-11-24;/h17-19,26H,4-16H2,1-3H3,(H,22,23);1H. The zero-order valence-electron chi connectivity index (χ0n) is 18.4. The molecule has 0 aromatic rings. The monoisotopic (exact) mass is 524 g/mol. The van der Waals surface area contributed by atoms with Crippen LogP contribution < -0.4 is 5.32 Å². The summed E-state index contributed by atoms with van der Waals surface area (Å²) in [6.07, 6.45) is 3.65. The summed E-state index contributed by atoms with van der Waals surface area (Å²) in [5.74, 6) is 2.40. The van der Waals surface area contributed by atoms with E-state index in [1.807, 2.05) is 4.90 Å². The summed E-state index contributed by atoms with van der Waals surface area (Å²) in [6, 6.07) is 0. The quantitative estimate of drug-likeness (QED) is 0.289. The number of hydrogen-bond donors (Lipinski definition) is 2. The Bertz CT molecular complexity index is 490. The van der Waals surface area contributed by atoms with E-state index in [-0.39, 0.29) is 36.5 Å². The Morgan fingerprint density at radius 3 is 2.38 bits per heavy atom.